The molecule has 3 aromatic rings. The average molecular weight is 350 g/mol. The zero-order valence-corrected chi connectivity index (χ0v) is 15.2. The van der Waals surface area contributed by atoms with Crippen molar-refractivity contribution >= 4 is 11.6 Å². The lowest BCUT2D eigenvalue weighted by Crippen LogP contribution is -2.12. The summed E-state index contributed by atoms with van der Waals surface area (Å²) in [4.78, 5) is 16.3. The van der Waals surface area contributed by atoms with Crippen molar-refractivity contribution in [2.24, 2.45) is 0 Å². The van der Waals surface area contributed by atoms with Crippen LogP contribution in [0.25, 0.3) is 11.3 Å². The third kappa shape index (κ3) is 4.11. The minimum absolute atomic E-state index is 0.0616. The molecule has 1 heterocycles. The van der Waals surface area contributed by atoms with Gasteiger partial charge in [-0.25, -0.2) is 4.98 Å². The van der Waals surface area contributed by atoms with Crippen molar-refractivity contribution in [2.45, 2.75) is 33.6 Å². The molecule has 0 aliphatic heterocycles. The zero-order chi connectivity index (χ0) is 18.7. The summed E-state index contributed by atoms with van der Waals surface area (Å²) in [6, 6.07) is 11.2. The second-order valence-electron chi connectivity index (χ2n) is 6.49. The first-order valence-electron chi connectivity index (χ1n) is 8.54. The molecule has 3 rings (SSSR count). The van der Waals surface area contributed by atoms with Gasteiger partial charge in [-0.1, -0.05) is 18.2 Å². The van der Waals surface area contributed by atoms with Gasteiger partial charge in [0, 0.05) is 18.4 Å². The average Bonchev–Trinajstić information content (AvgIpc) is 3.07. The monoisotopic (exact) mass is 350 g/mol. The fourth-order valence-corrected chi connectivity index (χ4v) is 2.63. The molecule has 0 unspecified atom stereocenters. The van der Waals surface area contributed by atoms with E-state index < -0.39 is 0 Å². The maximum atomic E-state index is 12.1. The second-order valence-corrected chi connectivity index (χ2v) is 6.49. The third-order valence-electron chi connectivity index (χ3n) is 4.34. The number of rotatable bonds is 5. The predicted octanol–water partition coefficient (Wildman–Crippen LogP) is 4.54. The molecule has 2 aromatic carbocycles. The molecule has 0 aliphatic rings. The van der Waals surface area contributed by atoms with Gasteiger partial charge in [-0.15, -0.1) is 0 Å². The number of phenolic OH excluding ortho intramolecular Hbond substituents is 1. The van der Waals surface area contributed by atoms with Crippen LogP contribution in [0.4, 0.5) is 5.69 Å². The molecule has 0 radical (unpaired) electrons. The molecular weight excluding hydrogens is 328 g/mol. The van der Waals surface area contributed by atoms with E-state index in [1.54, 1.807) is 18.3 Å². The highest BCUT2D eigenvalue weighted by molar-refractivity contribution is 5.92. The topological polar surface area (TPSA) is 75.4 Å². The van der Waals surface area contributed by atoms with E-state index in [0.717, 1.165) is 11.1 Å². The Morgan fingerprint density at radius 3 is 2.65 bits per heavy atom. The molecular formula is C21H22N2O3. The van der Waals surface area contributed by atoms with Gasteiger partial charge in [0.25, 0.3) is 0 Å². The van der Waals surface area contributed by atoms with Crippen LogP contribution in [-0.4, -0.2) is 16.0 Å². The van der Waals surface area contributed by atoms with E-state index in [9.17, 15) is 9.90 Å². The number of oxazole rings is 1. The molecule has 26 heavy (non-hydrogen) atoms. The van der Waals surface area contributed by atoms with E-state index in [2.05, 4.69) is 30.2 Å². The number of anilines is 1. The van der Waals surface area contributed by atoms with Gasteiger partial charge >= 0.3 is 0 Å². The van der Waals surface area contributed by atoms with Crippen LogP contribution in [0.3, 0.4) is 0 Å². The lowest BCUT2D eigenvalue weighted by Gasteiger charge is -2.07. The van der Waals surface area contributed by atoms with E-state index in [0.29, 0.717) is 23.8 Å². The van der Waals surface area contributed by atoms with Gasteiger partial charge < -0.3 is 14.8 Å². The number of hydrogen-bond donors (Lipinski definition) is 2. The highest BCUT2D eigenvalue weighted by atomic mass is 16.4. The number of benzene rings is 2. The number of carbonyl (C=O) groups excluding carboxylic acids is 1. The first-order chi connectivity index (χ1) is 12.4. The minimum Gasteiger partial charge on any atom is -0.506 e. The standard InChI is InChI=1S/C21H22N2O3/c1-13-4-7-17(18(24)10-13)23-20(25)8-9-21-22-12-19(26-21)16-6-5-14(2)15(3)11-16/h4-7,10-12,24H,8-9H2,1-3H3,(H,23,25). The van der Waals surface area contributed by atoms with Crippen LogP contribution in [0, 0.1) is 20.8 Å². The Bertz CT molecular complexity index is 944. The largest absolute Gasteiger partial charge is 0.506 e. The van der Waals surface area contributed by atoms with Crippen LogP contribution >= 0.6 is 0 Å². The predicted molar refractivity (Wildman–Crippen MR) is 101 cm³/mol. The molecule has 0 bridgehead atoms. The lowest BCUT2D eigenvalue weighted by atomic mass is 10.1. The molecule has 1 aromatic heterocycles. The lowest BCUT2D eigenvalue weighted by molar-refractivity contribution is -0.116. The third-order valence-corrected chi connectivity index (χ3v) is 4.34. The molecule has 0 fully saturated rings. The number of phenols is 1. The van der Waals surface area contributed by atoms with Crippen molar-refractivity contribution in [3.05, 3.63) is 65.2 Å². The van der Waals surface area contributed by atoms with Crippen LogP contribution in [0.1, 0.15) is 29.0 Å². The van der Waals surface area contributed by atoms with Crippen LogP contribution in [0.5, 0.6) is 5.75 Å². The summed E-state index contributed by atoms with van der Waals surface area (Å²) in [5, 5.41) is 12.6. The van der Waals surface area contributed by atoms with E-state index >= 15 is 0 Å². The Morgan fingerprint density at radius 2 is 1.92 bits per heavy atom. The molecule has 2 N–H and O–H groups in total. The first kappa shape index (κ1) is 17.7. The van der Waals surface area contributed by atoms with Crippen molar-refractivity contribution in [2.75, 3.05) is 5.32 Å². The van der Waals surface area contributed by atoms with Crippen molar-refractivity contribution in [1.82, 2.24) is 4.98 Å². The van der Waals surface area contributed by atoms with E-state index in [1.165, 1.54) is 11.1 Å². The molecule has 134 valence electrons. The summed E-state index contributed by atoms with van der Waals surface area (Å²) in [7, 11) is 0. The summed E-state index contributed by atoms with van der Waals surface area (Å²) in [5.74, 6) is 1.07. The Morgan fingerprint density at radius 1 is 1.12 bits per heavy atom. The van der Waals surface area contributed by atoms with Crippen molar-refractivity contribution < 1.29 is 14.3 Å². The number of aromatic hydroxyl groups is 1. The normalized spacial score (nSPS) is 10.7. The van der Waals surface area contributed by atoms with Crippen molar-refractivity contribution in [1.29, 1.82) is 0 Å². The fourth-order valence-electron chi connectivity index (χ4n) is 2.63. The summed E-state index contributed by atoms with van der Waals surface area (Å²) < 4.78 is 5.76. The second kappa shape index (κ2) is 7.44. The molecule has 0 saturated carbocycles. The summed E-state index contributed by atoms with van der Waals surface area (Å²) >= 11 is 0. The smallest absolute Gasteiger partial charge is 0.224 e. The van der Waals surface area contributed by atoms with E-state index in [1.807, 2.05) is 25.1 Å². The van der Waals surface area contributed by atoms with Gasteiger partial charge in [0.05, 0.1) is 11.9 Å². The molecule has 5 heteroatoms. The SMILES string of the molecule is Cc1ccc(NC(=O)CCc2ncc(-c3ccc(C)c(C)c3)o2)c(O)c1. The summed E-state index contributed by atoms with van der Waals surface area (Å²) in [6.07, 6.45) is 2.30. The highest BCUT2D eigenvalue weighted by Gasteiger charge is 2.11. The number of amides is 1. The number of carbonyl (C=O) groups is 1. The highest BCUT2D eigenvalue weighted by Crippen LogP contribution is 2.25. The molecule has 5 nitrogen and oxygen atoms in total. The van der Waals surface area contributed by atoms with Gasteiger partial charge in [-0.2, -0.15) is 0 Å². The Labute approximate surface area is 152 Å². The first-order valence-corrected chi connectivity index (χ1v) is 8.54. The number of hydrogen-bond acceptors (Lipinski definition) is 4. The van der Waals surface area contributed by atoms with E-state index in [4.69, 9.17) is 4.42 Å². The molecule has 0 saturated heterocycles. The molecule has 1 amide bonds. The summed E-state index contributed by atoms with van der Waals surface area (Å²) in [5.41, 5.74) is 4.73. The van der Waals surface area contributed by atoms with E-state index in [-0.39, 0.29) is 18.1 Å². The fraction of sp³-hybridized carbons (Fsp3) is 0.238. The zero-order valence-electron chi connectivity index (χ0n) is 15.2. The van der Waals surface area contributed by atoms with Crippen LogP contribution in [-0.2, 0) is 11.2 Å². The van der Waals surface area contributed by atoms with Gasteiger partial charge in [-0.3, -0.25) is 4.79 Å². The number of aromatic nitrogens is 1. The number of aryl methyl sites for hydroxylation is 4. The maximum absolute atomic E-state index is 12.1. The Hall–Kier alpha value is -3.08. The van der Waals surface area contributed by atoms with Crippen LogP contribution in [0.2, 0.25) is 0 Å². The Balaban J connectivity index is 1.60. The van der Waals surface area contributed by atoms with Crippen LogP contribution in [0.15, 0.2) is 47.0 Å². The van der Waals surface area contributed by atoms with Gasteiger partial charge in [-0.05, 0) is 55.7 Å². The van der Waals surface area contributed by atoms with Gasteiger partial charge in [0.2, 0.25) is 5.91 Å². The number of nitrogens with one attached hydrogen (secondary N) is 1. The maximum Gasteiger partial charge on any atom is 0.224 e. The van der Waals surface area contributed by atoms with Crippen molar-refractivity contribution in [3.8, 4) is 17.1 Å². The Kier molecular flexibility index (Phi) is 5.07. The molecule has 0 spiro atoms. The van der Waals surface area contributed by atoms with Gasteiger partial charge in [0.15, 0.2) is 11.7 Å². The number of nitrogens with zero attached hydrogens (tertiary/aromatic N) is 1. The van der Waals surface area contributed by atoms with Crippen LogP contribution < -0.4 is 5.32 Å². The molecule has 0 atom stereocenters. The molecule has 0 aliphatic carbocycles. The quantitative estimate of drug-likeness (QED) is 0.662. The minimum atomic E-state index is -0.199. The van der Waals surface area contributed by atoms with Crippen molar-refractivity contribution in [3.63, 3.8) is 0 Å². The van der Waals surface area contributed by atoms with Gasteiger partial charge in [0.1, 0.15) is 5.75 Å². The summed E-state index contributed by atoms with van der Waals surface area (Å²) in [6.45, 7) is 6.00.